The van der Waals surface area contributed by atoms with Crippen LogP contribution in [0.5, 0.6) is 11.5 Å². The first-order valence-electron chi connectivity index (χ1n) is 6.52. The summed E-state index contributed by atoms with van der Waals surface area (Å²) >= 11 is 6.30. The first-order chi connectivity index (χ1) is 9.17. The standard InChI is InChI=1S/C14H19ClN2O2/c1-4-18-12-9-10(14-16-6-7-17(14)3)8-11(15)13(12)19-5-2/h8-9H,4-7H2,1-3H3. The van der Waals surface area contributed by atoms with Crippen LogP contribution in [0.2, 0.25) is 5.02 Å². The molecule has 5 heteroatoms. The van der Waals surface area contributed by atoms with Crippen LogP contribution in [-0.4, -0.2) is 44.1 Å². The molecule has 104 valence electrons. The monoisotopic (exact) mass is 282 g/mol. The zero-order valence-corrected chi connectivity index (χ0v) is 12.3. The van der Waals surface area contributed by atoms with Crippen LogP contribution in [0.25, 0.3) is 0 Å². The first kappa shape index (κ1) is 14.0. The Morgan fingerprint density at radius 1 is 1.26 bits per heavy atom. The molecule has 0 saturated carbocycles. The fraction of sp³-hybridized carbons (Fsp3) is 0.500. The van der Waals surface area contributed by atoms with Crippen LogP contribution in [0, 0.1) is 0 Å². The Balaban J connectivity index is 2.41. The highest BCUT2D eigenvalue weighted by Crippen LogP contribution is 2.37. The van der Waals surface area contributed by atoms with Crippen molar-refractivity contribution in [3.05, 3.63) is 22.7 Å². The van der Waals surface area contributed by atoms with Gasteiger partial charge in [-0.3, -0.25) is 4.99 Å². The summed E-state index contributed by atoms with van der Waals surface area (Å²) in [7, 11) is 2.02. The van der Waals surface area contributed by atoms with E-state index in [4.69, 9.17) is 21.1 Å². The second-order valence-corrected chi connectivity index (χ2v) is 4.69. The Hall–Kier alpha value is -1.42. The number of hydrogen-bond acceptors (Lipinski definition) is 4. The van der Waals surface area contributed by atoms with Crippen molar-refractivity contribution in [2.75, 3.05) is 33.4 Å². The zero-order valence-electron chi connectivity index (χ0n) is 11.6. The smallest absolute Gasteiger partial charge is 0.179 e. The molecule has 1 aliphatic heterocycles. The van der Waals surface area contributed by atoms with Crippen molar-refractivity contribution in [2.45, 2.75) is 13.8 Å². The van der Waals surface area contributed by atoms with Crippen LogP contribution in [-0.2, 0) is 0 Å². The molecule has 0 spiro atoms. The van der Waals surface area contributed by atoms with Gasteiger partial charge < -0.3 is 14.4 Å². The van der Waals surface area contributed by atoms with Crippen LogP contribution >= 0.6 is 11.6 Å². The minimum atomic E-state index is 0.556. The molecule has 1 heterocycles. The molecule has 0 unspecified atom stereocenters. The minimum Gasteiger partial charge on any atom is -0.490 e. The Morgan fingerprint density at radius 3 is 2.58 bits per heavy atom. The van der Waals surface area contributed by atoms with E-state index in [1.165, 1.54) is 0 Å². The number of nitrogens with zero attached hydrogens (tertiary/aromatic N) is 2. The number of hydrogen-bond donors (Lipinski definition) is 0. The third kappa shape index (κ3) is 2.95. The van der Waals surface area contributed by atoms with Crippen molar-refractivity contribution < 1.29 is 9.47 Å². The summed E-state index contributed by atoms with van der Waals surface area (Å²) in [5.41, 5.74) is 0.969. The fourth-order valence-corrected chi connectivity index (χ4v) is 2.35. The van der Waals surface area contributed by atoms with Gasteiger partial charge in [-0.05, 0) is 26.0 Å². The molecular formula is C14H19ClN2O2. The van der Waals surface area contributed by atoms with E-state index < -0.39 is 0 Å². The SMILES string of the molecule is CCOc1cc(C2=NCCN2C)cc(Cl)c1OCC. The van der Waals surface area contributed by atoms with Gasteiger partial charge in [0, 0.05) is 19.2 Å². The number of ether oxygens (including phenoxy) is 2. The summed E-state index contributed by atoms with van der Waals surface area (Å²) in [5, 5.41) is 0.561. The van der Waals surface area contributed by atoms with Crippen molar-refractivity contribution >= 4 is 17.4 Å². The third-order valence-electron chi connectivity index (χ3n) is 2.91. The van der Waals surface area contributed by atoms with E-state index >= 15 is 0 Å². The average Bonchev–Trinajstić information content (AvgIpc) is 2.80. The fourth-order valence-electron chi connectivity index (χ4n) is 2.09. The Kier molecular flexibility index (Phi) is 4.53. The lowest BCUT2D eigenvalue weighted by Crippen LogP contribution is -2.23. The van der Waals surface area contributed by atoms with E-state index in [1.807, 2.05) is 33.0 Å². The highest BCUT2D eigenvalue weighted by molar-refractivity contribution is 6.32. The molecule has 1 aliphatic rings. The topological polar surface area (TPSA) is 34.1 Å². The van der Waals surface area contributed by atoms with E-state index in [2.05, 4.69) is 9.89 Å². The molecule has 0 aromatic heterocycles. The van der Waals surface area contributed by atoms with E-state index in [-0.39, 0.29) is 0 Å². The van der Waals surface area contributed by atoms with Crippen LogP contribution in [0.1, 0.15) is 19.4 Å². The lowest BCUT2D eigenvalue weighted by Gasteiger charge is -2.17. The van der Waals surface area contributed by atoms with Gasteiger partial charge in [0.25, 0.3) is 0 Å². The predicted octanol–water partition coefficient (Wildman–Crippen LogP) is 2.83. The molecular weight excluding hydrogens is 264 g/mol. The molecule has 0 bridgehead atoms. The zero-order chi connectivity index (χ0) is 13.8. The van der Waals surface area contributed by atoms with Gasteiger partial charge in [0.2, 0.25) is 0 Å². The van der Waals surface area contributed by atoms with Crippen LogP contribution in [0.15, 0.2) is 17.1 Å². The first-order valence-corrected chi connectivity index (χ1v) is 6.90. The maximum atomic E-state index is 6.30. The Labute approximate surface area is 119 Å². The second kappa shape index (κ2) is 6.15. The van der Waals surface area contributed by atoms with Crippen molar-refractivity contribution in [1.82, 2.24) is 4.90 Å². The molecule has 0 fully saturated rings. The molecule has 0 amide bonds. The van der Waals surface area contributed by atoms with Crippen LogP contribution < -0.4 is 9.47 Å². The van der Waals surface area contributed by atoms with Crippen LogP contribution in [0.4, 0.5) is 0 Å². The lowest BCUT2D eigenvalue weighted by atomic mass is 10.1. The van der Waals surface area contributed by atoms with Crippen molar-refractivity contribution in [2.24, 2.45) is 4.99 Å². The third-order valence-corrected chi connectivity index (χ3v) is 3.20. The summed E-state index contributed by atoms with van der Waals surface area (Å²) in [6.45, 7) is 6.75. The number of halogens is 1. The summed E-state index contributed by atoms with van der Waals surface area (Å²) in [6, 6.07) is 3.83. The maximum absolute atomic E-state index is 6.30. The van der Waals surface area contributed by atoms with Gasteiger partial charge in [0.15, 0.2) is 11.5 Å². The van der Waals surface area contributed by atoms with E-state index in [1.54, 1.807) is 0 Å². The highest BCUT2D eigenvalue weighted by Gasteiger charge is 2.19. The number of amidine groups is 1. The molecule has 0 atom stereocenters. The van der Waals surface area contributed by atoms with E-state index in [0.717, 1.165) is 24.5 Å². The molecule has 19 heavy (non-hydrogen) atoms. The van der Waals surface area contributed by atoms with Gasteiger partial charge in [-0.2, -0.15) is 0 Å². The van der Waals surface area contributed by atoms with Crippen LogP contribution in [0.3, 0.4) is 0 Å². The van der Waals surface area contributed by atoms with E-state index in [9.17, 15) is 0 Å². The quantitative estimate of drug-likeness (QED) is 0.833. The van der Waals surface area contributed by atoms with E-state index in [0.29, 0.717) is 29.7 Å². The maximum Gasteiger partial charge on any atom is 0.179 e. The van der Waals surface area contributed by atoms with Gasteiger partial charge in [0.1, 0.15) is 5.84 Å². The number of aliphatic imine (C=N–C) groups is 1. The minimum absolute atomic E-state index is 0.556. The summed E-state index contributed by atoms with van der Waals surface area (Å²) in [6.07, 6.45) is 0. The summed E-state index contributed by atoms with van der Waals surface area (Å²) < 4.78 is 11.2. The Bertz CT molecular complexity index is 489. The predicted molar refractivity (Wildman–Crippen MR) is 77.8 cm³/mol. The molecule has 0 saturated heterocycles. The van der Waals surface area contributed by atoms with Gasteiger partial charge in [-0.15, -0.1) is 0 Å². The lowest BCUT2D eigenvalue weighted by molar-refractivity contribution is 0.288. The number of benzene rings is 1. The second-order valence-electron chi connectivity index (χ2n) is 4.28. The van der Waals surface area contributed by atoms with Crippen molar-refractivity contribution in [1.29, 1.82) is 0 Å². The molecule has 2 rings (SSSR count). The molecule has 4 nitrogen and oxygen atoms in total. The van der Waals surface area contributed by atoms with Gasteiger partial charge >= 0.3 is 0 Å². The van der Waals surface area contributed by atoms with Gasteiger partial charge in [-0.1, -0.05) is 11.6 Å². The number of likely N-dealkylation sites (N-methyl/N-ethyl adjacent to an activating group) is 1. The molecule has 0 radical (unpaired) electrons. The molecule has 1 aromatic carbocycles. The van der Waals surface area contributed by atoms with Crippen molar-refractivity contribution in [3.63, 3.8) is 0 Å². The average molecular weight is 283 g/mol. The number of rotatable bonds is 5. The summed E-state index contributed by atoms with van der Waals surface area (Å²) in [5.74, 6) is 2.23. The van der Waals surface area contributed by atoms with Gasteiger partial charge in [-0.25, -0.2) is 0 Å². The van der Waals surface area contributed by atoms with Crippen molar-refractivity contribution in [3.8, 4) is 11.5 Å². The molecule has 0 aliphatic carbocycles. The normalized spacial score (nSPS) is 14.5. The molecule has 1 aromatic rings. The van der Waals surface area contributed by atoms with Gasteiger partial charge in [0.05, 0.1) is 24.8 Å². The Morgan fingerprint density at radius 2 is 2.00 bits per heavy atom. The molecule has 0 N–H and O–H groups in total. The summed E-state index contributed by atoms with van der Waals surface area (Å²) in [4.78, 5) is 6.61. The highest BCUT2D eigenvalue weighted by atomic mass is 35.5. The largest absolute Gasteiger partial charge is 0.490 e.